The summed E-state index contributed by atoms with van der Waals surface area (Å²) in [6.07, 6.45) is 7.99. The van der Waals surface area contributed by atoms with Crippen LogP contribution in [0.4, 0.5) is 0 Å². The first-order valence-corrected chi connectivity index (χ1v) is 6.25. The highest BCUT2D eigenvalue weighted by Gasteiger charge is 2.21. The van der Waals surface area contributed by atoms with Crippen LogP contribution in [0.2, 0.25) is 0 Å². The maximum Gasteiger partial charge on any atom is 0.0693 e. The SMILES string of the molecule is COCCCCCNC1CCCCC1O. The molecule has 0 radical (unpaired) electrons. The van der Waals surface area contributed by atoms with Crippen LogP contribution in [-0.2, 0) is 4.74 Å². The largest absolute Gasteiger partial charge is 0.392 e. The molecule has 0 spiro atoms. The number of aliphatic hydroxyl groups excluding tert-OH is 1. The summed E-state index contributed by atoms with van der Waals surface area (Å²) >= 11 is 0. The van der Waals surface area contributed by atoms with Crippen LogP contribution in [0.5, 0.6) is 0 Å². The van der Waals surface area contributed by atoms with Crippen molar-refractivity contribution < 1.29 is 9.84 Å². The van der Waals surface area contributed by atoms with Crippen molar-refractivity contribution in [2.24, 2.45) is 0 Å². The fourth-order valence-electron chi connectivity index (χ4n) is 2.19. The first kappa shape index (κ1) is 12.9. The van der Waals surface area contributed by atoms with Gasteiger partial charge in [0.25, 0.3) is 0 Å². The van der Waals surface area contributed by atoms with Gasteiger partial charge in [0.1, 0.15) is 0 Å². The summed E-state index contributed by atoms with van der Waals surface area (Å²) in [4.78, 5) is 0. The minimum atomic E-state index is -0.113. The molecular formula is C12H25NO2. The quantitative estimate of drug-likeness (QED) is 0.635. The van der Waals surface area contributed by atoms with Crippen LogP contribution < -0.4 is 5.32 Å². The Bertz CT molecular complexity index is 153. The zero-order valence-electron chi connectivity index (χ0n) is 9.87. The third kappa shape index (κ3) is 5.50. The maximum absolute atomic E-state index is 9.73. The van der Waals surface area contributed by atoms with Crippen LogP contribution in [-0.4, -0.2) is 37.5 Å². The standard InChI is InChI=1S/C12H25NO2/c1-15-10-6-2-5-9-13-11-7-3-4-8-12(11)14/h11-14H,2-10H2,1H3. The van der Waals surface area contributed by atoms with Gasteiger partial charge in [0.2, 0.25) is 0 Å². The predicted octanol–water partition coefficient (Wildman–Crippen LogP) is 1.70. The van der Waals surface area contributed by atoms with Crippen molar-refractivity contribution in [1.29, 1.82) is 0 Å². The molecule has 0 aromatic rings. The monoisotopic (exact) mass is 215 g/mol. The van der Waals surface area contributed by atoms with E-state index in [1.165, 1.54) is 25.7 Å². The molecule has 90 valence electrons. The van der Waals surface area contributed by atoms with Gasteiger partial charge in [-0.3, -0.25) is 0 Å². The number of ether oxygens (including phenoxy) is 1. The van der Waals surface area contributed by atoms with E-state index in [1.54, 1.807) is 7.11 Å². The molecule has 0 aliphatic heterocycles. The Morgan fingerprint density at radius 1 is 1.20 bits per heavy atom. The molecule has 2 atom stereocenters. The zero-order chi connectivity index (χ0) is 10.9. The second-order valence-corrected chi connectivity index (χ2v) is 4.47. The fraction of sp³-hybridized carbons (Fsp3) is 1.00. The van der Waals surface area contributed by atoms with Crippen molar-refractivity contribution in [3.63, 3.8) is 0 Å². The lowest BCUT2D eigenvalue weighted by molar-refractivity contribution is 0.0908. The third-order valence-corrected chi connectivity index (χ3v) is 3.16. The second-order valence-electron chi connectivity index (χ2n) is 4.47. The lowest BCUT2D eigenvalue weighted by Gasteiger charge is -2.28. The van der Waals surface area contributed by atoms with Gasteiger partial charge in [0.15, 0.2) is 0 Å². The minimum absolute atomic E-state index is 0.113. The fourth-order valence-corrected chi connectivity index (χ4v) is 2.19. The summed E-state index contributed by atoms with van der Waals surface area (Å²) in [5.74, 6) is 0. The molecule has 0 aromatic carbocycles. The summed E-state index contributed by atoms with van der Waals surface area (Å²) in [7, 11) is 1.75. The van der Waals surface area contributed by atoms with E-state index in [0.29, 0.717) is 6.04 Å². The number of hydrogen-bond acceptors (Lipinski definition) is 3. The number of unbranched alkanes of at least 4 members (excludes halogenated alkanes) is 2. The van der Waals surface area contributed by atoms with E-state index in [-0.39, 0.29) is 6.10 Å². The average molecular weight is 215 g/mol. The Balaban J connectivity index is 1.94. The van der Waals surface area contributed by atoms with Crippen LogP contribution in [0.25, 0.3) is 0 Å². The zero-order valence-corrected chi connectivity index (χ0v) is 9.87. The molecule has 0 amide bonds. The van der Waals surface area contributed by atoms with Crippen molar-refractivity contribution in [2.75, 3.05) is 20.3 Å². The molecule has 3 heteroatoms. The molecule has 2 N–H and O–H groups in total. The third-order valence-electron chi connectivity index (χ3n) is 3.16. The predicted molar refractivity (Wildman–Crippen MR) is 62.0 cm³/mol. The first-order chi connectivity index (χ1) is 7.34. The van der Waals surface area contributed by atoms with Gasteiger partial charge in [-0.05, 0) is 38.6 Å². The number of nitrogens with one attached hydrogen (secondary N) is 1. The molecule has 15 heavy (non-hydrogen) atoms. The smallest absolute Gasteiger partial charge is 0.0693 e. The molecule has 1 aliphatic carbocycles. The molecule has 0 bridgehead atoms. The van der Waals surface area contributed by atoms with E-state index in [0.717, 1.165) is 32.4 Å². The van der Waals surface area contributed by atoms with Crippen LogP contribution in [0.1, 0.15) is 44.9 Å². The van der Waals surface area contributed by atoms with E-state index in [1.807, 2.05) is 0 Å². The molecule has 0 saturated heterocycles. The van der Waals surface area contributed by atoms with Gasteiger partial charge in [-0.15, -0.1) is 0 Å². The molecule has 2 unspecified atom stereocenters. The van der Waals surface area contributed by atoms with E-state index < -0.39 is 0 Å². The lowest BCUT2D eigenvalue weighted by atomic mass is 9.92. The lowest BCUT2D eigenvalue weighted by Crippen LogP contribution is -2.42. The first-order valence-electron chi connectivity index (χ1n) is 6.25. The van der Waals surface area contributed by atoms with E-state index in [9.17, 15) is 5.11 Å². The van der Waals surface area contributed by atoms with Crippen LogP contribution >= 0.6 is 0 Å². The molecular weight excluding hydrogens is 190 g/mol. The van der Waals surface area contributed by atoms with Crippen LogP contribution in [0.15, 0.2) is 0 Å². The molecule has 0 aromatic heterocycles. The summed E-state index contributed by atoms with van der Waals surface area (Å²) in [5, 5.41) is 13.2. The Morgan fingerprint density at radius 2 is 2.00 bits per heavy atom. The van der Waals surface area contributed by atoms with E-state index >= 15 is 0 Å². The summed E-state index contributed by atoms with van der Waals surface area (Å²) < 4.78 is 5.00. The molecule has 1 saturated carbocycles. The van der Waals surface area contributed by atoms with Crippen LogP contribution in [0, 0.1) is 0 Å². The Kier molecular flexibility index (Phi) is 6.98. The number of aliphatic hydroxyl groups is 1. The molecule has 1 rings (SSSR count). The normalized spacial score (nSPS) is 26.8. The second kappa shape index (κ2) is 8.08. The van der Waals surface area contributed by atoms with Gasteiger partial charge in [-0.25, -0.2) is 0 Å². The van der Waals surface area contributed by atoms with Gasteiger partial charge in [0.05, 0.1) is 6.10 Å². The highest BCUT2D eigenvalue weighted by atomic mass is 16.5. The van der Waals surface area contributed by atoms with Crippen molar-refractivity contribution >= 4 is 0 Å². The number of methoxy groups -OCH3 is 1. The maximum atomic E-state index is 9.73. The van der Waals surface area contributed by atoms with Crippen molar-refractivity contribution in [1.82, 2.24) is 5.32 Å². The van der Waals surface area contributed by atoms with E-state index in [2.05, 4.69) is 5.32 Å². The Hall–Kier alpha value is -0.120. The topological polar surface area (TPSA) is 41.5 Å². The molecule has 3 nitrogen and oxygen atoms in total. The van der Waals surface area contributed by atoms with Crippen molar-refractivity contribution in [3.05, 3.63) is 0 Å². The summed E-state index contributed by atoms with van der Waals surface area (Å²) in [5.41, 5.74) is 0. The van der Waals surface area contributed by atoms with Gasteiger partial charge in [0, 0.05) is 19.8 Å². The minimum Gasteiger partial charge on any atom is -0.392 e. The highest BCUT2D eigenvalue weighted by Crippen LogP contribution is 2.18. The Morgan fingerprint density at radius 3 is 2.73 bits per heavy atom. The molecule has 0 heterocycles. The van der Waals surface area contributed by atoms with Gasteiger partial charge in [-0.2, -0.15) is 0 Å². The number of rotatable bonds is 7. The van der Waals surface area contributed by atoms with Gasteiger partial charge in [-0.1, -0.05) is 12.8 Å². The number of hydrogen-bond donors (Lipinski definition) is 2. The highest BCUT2D eigenvalue weighted by molar-refractivity contribution is 4.79. The molecule has 1 aliphatic rings. The van der Waals surface area contributed by atoms with Gasteiger partial charge >= 0.3 is 0 Å². The Labute approximate surface area is 93.2 Å². The van der Waals surface area contributed by atoms with Crippen molar-refractivity contribution in [2.45, 2.75) is 57.1 Å². The van der Waals surface area contributed by atoms with Gasteiger partial charge < -0.3 is 15.2 Å². The van der Waals surface area contributed by atoms with E-state index in [4.69, 9.17) is 4.74 Å². The van der Waals surface area contributed by atoms with Crippen molar-refractivity contribution in [3.8, 4) is 0 Å². The van der Waals surface area contributed by atoms with Crippen LogP contribution in [0.3, 0.4) is 0 Å². The molecule has 1 fully saturated rings. The summed E-state index contributed by atoms with van der Waals surface area (Å²) in [6, 6.07) is 0.348. The summed E-state index contributed by atoms with van der Waals surface area (Å²) in [6.45, 7) is 1.90. The average Bonchev–Trinajstić information content (AvgIpc) is 2.25.